The van der Waals surface area contributed by atoms with E-state index in [1.54, 1.807) is 0 Å². The average Bonchev–Trinajstić information content (AvgIpc) is 0.910. The number of carbonyl (C=O) groups is 3. The monoisotopic (exact) mass is 1330 g/mol. The Bertz CT molecular complexity index is 7340. The SMILES string of the molecule is C#CC#CC#CC#CC#CC#CC#CC#CC#CC#CC#CC#CC#CC#CC#CC#COC(=O)C=C(CC(=O)OC#CC#CC#CC#CC#CC#CC#CC#CC#CC#CC#CC#CC#CC#CC#CC#C)C(=O)OC#CC#CC#CC#CC#CC#CC#CC#CC#CC#CC#CC#CC#CC#CC#CC#C. The van der Waals surface area contributed by atoms with E-state index >= 15 is 0 Å². The molecule has 0 radical (unpaired) electrons. The van der Waals surface area contributed by atoms with E-state index in [4.69, 9.17) is 33.5 Å². The van der Waals surface area contributed by atoms with Gasteiger partial charge in [-0.25, -0.2) is 9.59 Å². The van der Waals surface area contributed by atoms with Crippen LogP contribution < -0.4 is 0 Å². The van der Waals surface area contributed by atoms with Gasteiger partial charge >= 0.3 is 17.9 Å². The number of carbonyl (C=O) groups excluding carboxylic acids is 3. The molecule has 108 heavy (non-hydrogen) atoms. The highest BCUT2D eigenvalue weighted by Crippen LogP contribution is 2.07. The van der Waals surface area contributed by atoms with Gasteiger partial charge in [0.2, 0.25) is 0 Å². The minimum atomic E-state index is -1.28. The largest absolute Gasteiger partial charge is 0.371 e. The summed E-state index contributed by atoms with van der Waals surface area (Å²) in [5.74, 6) is 214. The van der Waals surface area contributed by atoms with Crippen molar-refractivity contribution >= 4 is 17.9 Å². The summed E-state index contributed by atoms with van der Waals surface area (Å²) in [6.45, 7) is 0. The normalized spacial score (nSPS) is 4.84. The van der Waals surface area contributed by atoms with Crippen LogP contribution in [0.2, 0.25) is 0 Å². The van der Waals surface area contributed by atoms with Gasteiger partial charge in [-0.3, -0.25) is 4.79 Å². The number of terminal acetylenes is 3. The van der Waals surface area contributed by atoms with Crippen molar-refractivity contribution in [1.29, 1.82) is 0 Å². The van der Waals surface area contributed by atoms with Crippen LogP contribution in [-0.4, -0.2) is 17.9 Å². The number of rotatable bonds is 4. The topological polar surface area (TPSA) is 78.9 Å². The third-order valence-corrected chi connectivity index (χ3v) is 6.97. The second kappa shape index (κ2) is 76.5. The molecule has 0 aromatic heterocycles. The van der Waals surface area contributed by atoms with Crippen molar-refractivity contribution < 1.29 is 28.6 Å². The lowest BCUT2D eigenvalue weighted by Gasteiger charge is -2.01. The zero-order valence-corrected chi connectivity index (χ0v) is 54.0. The summed E-state index contributed by atoms with van der Waals surface area (Å²) in [6.07, 6.45) is 20.6. The first-order chi connectivity index (χ1) is 53.5. The van der Waals surface area contributed by atoms with E-state index in [0.29, 0.717) is 6.08 Å². The van der Waals surface area contributed by atoms with Gasteiger partial charge in [0.25, 0.3) is 0 Å². The first kappa shape index (κ1) is 85.0. The minimum Gasteiger partial charge on any atom is -0.371 e. The zero-order chi connectivity index (χ0) is 77.6. The maximum absolute atomic E-state index is 12.9. The molecule has 0 aliphatic heterocycles. The summed E-state index contributed by atoms with van der Waals surface area (Å²) in [5.41, 5.74) is -0.607. The van der Waals surface area contributed by atoms with Gasteiger partial charge in [0.05, 0.1) is 12.0 Å². The number of esters is 3. The molecular weight excluding hydrogens is 1320 g/mol. The Morgan fingerprint density at radius 1 is 0.176 bits per heavy atom. The molecule has 6 nitrogen and oxygen atoms in total. The van der Waals surface area contributed by atoms with Gasteiger partial charge in [0, 0.05) is 397 Å². The smallest absolute Gasteiger partial charge is 0.348 e. The first-order valence-corrected chi connectivity index (χ1v) is 26.7. The molecule has 6 heteroatoms. The van der Waals surface area contributed by atoms with Gasteiger partial charge in [-0.15, -0.1) is 19.3 Å². The molecule has 0 atom stereocenters. The maximum atomic E-state index is 12.9. The lowest BCUT2D eigenvalue weighted by atomic mass is 10.2. The summed E-state index contributed by atoms with van der Waals surface area (Å²) >= 11 is 0. The van der Waals surface area contributed by atoms with Gasteiger partial charge in [-0.2, -0.15) is 0 Å². The summed E-state index contributed by atoms with van der Waals surface area (Å²) in [5, 5.41) is 0. The molecule has 0 bridgehead atoms. The van der Waals surface area contributed by atoms with Crippen LogP contribution in [0.1, 0.15) is 6.42 Å². The Balaban J connectivity index is 5.92. The second-order valence-electron chi connectivity index (χ2n) is 13.7. The van der Waals surface area contributed by atoms with E-state index in [1.807, 2.05) is 18.3 Å². The van der Waals surface area contributed by atoms with Crippen LogP contribution in [0.25, 0.3) is 0 Å². The first-order valence-electron chi connectivity index (χ1n) is 26.7. The third kappa shape index (κ3) is 72.1. The van der Waals surface area contributed by atoms with Crippen molar-refractivity contribution in [1.82, 2.24) is 0 Å². The van der Waals surface area contributed by atoms with Crippen molar-refractivity contribution in [3.63, 3.8) is 0 Å². The fourth-order valence-electron chi connectivity index (χ4n) is 3.56. The minimum absolute atomic E-state index is 0.586. The average molecular weight is 1330 g/mol. The third-order valence-electron chi connectivity index (χ3n) is 6.97. The number of hydrogen-bond donors (Lipinski definition) is 0. The predicted octanol–water partition coefficient (Wildman–Crippen LogP) is -0.142. The highest BCUT2D eigenvalue weighted by Gasteiger charge is 2.18. The van der Waals surface area contributed by atoms with Crippen molar-refractivity contribution in [2.75, 3.05) is 0 Å². The van der Waals surface area contributed by atoms with Gasteiger partial charge in [0.15, 0.2) is 0 Å². The van der Waals surface area contributed by atoms with E-state index < -0.39 is 29.9 Å². The number of ether oxygens (including phenoxy) is 3. The van der Waals surface area contributed by atoms with Crippen LogP contribution in [0.3, 0.4) is 0 Å². The summed E-state index contributed by atoms with van der Waals surface area (Å²) < 4.78 is 14.3. The fraction of sp³-hybridized carbons (Fsp3) is 0.00980. The van der Waals surface area contributed by atoms with E-state index in [9.17, 15) is 14.4 Å². The molecule has 0 aliphatic carbocycles. The van der Waals surface area contributed by atoms with Gasteiger partial charge < -0.3 is 14.2 Å². The molecule has 0 amide bonds. The molecule has 0 rings (SSSR count). The highest BCUT2D eigenvalue weighted by atomic mass is 16.5. The lowest BCUT2D eigenvalue weighted by Crippen LogP contribution is -2.13. The van der Waals surface area contributed by atoms with Crippen LogP contribution >= 0.6 is 0 Å². The van der Waals surface area contributed by atoms with E-state index in [1.165, 1.54) is 0 Å². The Morgan fingerprint density at radius 3 is 0.463 bits per heavy atom. The Labute approximate surface area is 631 Å². The van der Waals surface area contributed by atoms with Crippen LogP contribution in [0, 0.1) is 570 Å². The molecule has 0 aliphatic rings. The lowest BCUT2D eigenvalue weighted by molar-refractivity contribution is -0.139. The molecule has 0 saturated heterocycles. The van der Waals surface area contributed by atoms with Crippen molar-refractivity contribution in [3.05, 3.63) is 11.6 Å². The summed E-state index contributed by atoms with van der Waals surface area (Å²) in [7, 11) is 0. The molecular formula is C102H6O6. The van der Waals surface area contributed by atoms with Crippen LogP contribution in [0.15, 0.2) is 11.6 Å². The molecule has 0 heterocycles. The summed E-state index contributed by atoms with van der Waals surface area (Å²) in [6, 6.07) is 0. The maximum Gasteiger partial charge on any atom is 0.348 e. The van der Waals surface area contributed by atoms with Gasteiger partial charge in [-0.1, -0.05) is 0 Å². The molecule has 0 spiro atoms. The highest BCUT2D eigenvalue weighted by molar-refractivity contribution is 6.00. The Morgan fingerprint density at radius 2 is 0.306 bits per heavy atom. The fourth-order valence-corrected chi connectivity index (χ4v) is 3.56. The van der Waals surface area contributed by atoms with Crippen LogP contribution in [-0.2, 0) is 28.6 Å². The molecule has 0 aromatic rings. The molecule has 0 aromatic carbocycles. The predicted molar refractivity (Wildman–Crippen MR) is 407 cm³/mol. The molecule has 0 fully saturated rings. The Hall–Kier alpha value is -23.0. The van der Waals surface area contributed by atoms with Crippen LogP contribution in [0.5, 0.6) is 0 Å². The van der Waals surface area contributed by atoms with E-state index in [0.717, 1.165) is 0 Å². The van der Waals surface area contributed by atoms with Crippen molar-refractivity contribution in [2.24, 2.45) is 0 Å². The summed E-state index contributed by atoms with van der Waals surface area (Å²) in [4.78, 5) is 38.1. The van der Waals surface area contributed by atoms with Crippen molar-refractivity contribution in [3.8, 4) is 570 Å². The quantitative estimate of drug-likeness (QED) is 0.169. The number of hydrogen-bond acceptors (Lipinski definition) is 6. The van der Waals surface area contributed by atoms with E-state index in [2.05, 4.69) is 533 Å². The van der Waals surface area contributed by atoms with E-state index in [-0.39, 0.29) is 0 Å². The molecule has 450 valence electrons. The van der Waals surface area contributed by atoms with Gasteiger partial charge in [0.1, 0.15) is 18.3 Å². The Kier molecular flexibility index (Phi) is 60.2. The van der Waals surface area contributed by atoms with Gasteiger partial charge in [-0.05, 0) is 142 Å². The zero-order valence-electron chi connectivity index (χ0n) is 54.0. The molecule has 0 saturated carbocycles. The molecule has 0 N–H and O–H groups in total. The van der Waals surface area contributed by atoms with Crippen molar-refractivity contribution in [2.45, 2.75) is 6.42 Å². The standard InChI is InChI=1S/C102H6O6/c1-4-7-10-13-16-19-22-25-28-31-34-37-40-43-46-49-52-55-58-61-64-67-70-73-76-79-82-85-88-91-94-106-100(103)97-99(102(105)108-96-93-90-87-84-81-78-75-72-69-66-63-60-57-54-51-48-45-42-39-36-33-30-27-24-21-18-15-12-9-6-3)98-101(104)107-95-92-89-86-83-80-77-74-71-68-65-62-59-56-53-50-47-44-41-38-35-32-29-26-23-20-17-14-11-8-5-2/h1-3,97H,98H2. The molecule has 0 unspecified atom stereocenters. The van der Waals surface area contributed by atoms with Crippen LogP contribution in [0.4, 0.5) is 0 Å². The second-order valence-corrected chi connectivity index (χ2v) is 13.7.